The van der Waals surface area contributed by atoms with Gasteiger partial charge in [0.2, 0.25) is 0 Å². The second-order valence-corrected chi connectivity index (χ2v) is 5.49. The molecule has 0 aromatic carbocycles. The van der Waals surface area contributed by atoms with Crippen LogP contribution in [0.1, 0.15) is 12.8 Å². The van der Waals surface area contributed by atoms with Gasteiger partial charge in [0.25, 0.3) is 0 Å². The first-order valence-electron chi connectivity index (χ1n) is 6.68. The molecule has 1 rings (SSSR count). The first-order valence-corrected chi connectivity index (χ1v) is 6.68. The normalized spacial score (nSPS) is 35.8. The Morgan fingerprint density at radius 1 is 0.792 bits per heavy atom. The molecule has 0 heterocycles. The van der Waals surface area contributed by atoms with Gasteiger partial charge in [0.05, 0.1) is 12.8 Å². The van der Waals surface area contributed by atoms with Crippen LogP contribution in [0.25, 0.3) is 0 Å². The van der Waals surface area contributed by atoms with E-state index in [1.54, 1.807) is 0 Å². The van der Waals surface area contributed by atoms with Gasteiger partial charge in [-0.25, -0.2) is 4.79 Å². The van der Waals surface area contributed by atoms with Crippen LogP contribution in [0, 0.1) is 0 Å². The minimum Gasteiger partial charge on any atom is -0.481 e. The van der Waals surface area contributed by atoms with Gasteiger partial charge in [-0.1, -0.05) is 0 Å². The average Bonchev–Trinajstić information content (AvgIpc) is 2.46. The van der Waals surface area contributed by atoms with Crippen LogP contribution in [-0.4, -0.2) is 101 Å². The minimum absolute atomic E-state index is 1.32. The highest BCUT2D eigenvalue weighted by Gasteiger charge is 2.51. The zero-order chi connectivity index (χ0) is 18.8. The van der Waals surface area contributed by atoms with Crippen molar-refractivity contribution in [2.45, 2.75) is 55.1 Å². The maximum Gasteiger partial charge on any atom is 0.336 e. The van der Waals surface area contributed by atoms with Gasteiger partial charge in [0, 0.05) is 0 Å². The van der Waals surface area contributed by atoms with E-state index in [1.165, 1.54) is 0 Å². The third-order valence-corrected chi connectivity index (χ3v) is 3.62. The molecule has 0 amide bonds. The maximum atomic E-state index is 11.7. The van der Waals surface area contributed by atoms with Crippen LogP contribution in [0.4, 0.5) is 0 Å². The molecule has 0 aliphatic heterocycles. The molecule has 1 saturated carbocycles. The number of esters is 1. The van der Waals surface area contributed by atoms with E-state index in [9.17, 15) is 45.0 Å². The van der Waals surface area contributed by atoms with E-state index in [0.717, 1.165) is 0 Å². The maximum absolute atomic E-state index is 11.7. The van der Waals surface area contributed by atoms with Gasteiger partial charge in [0.1, 0.15) is 30.5 Å². The van der Waals surface area contributed by atoms with Gasteiger partial charge in [-0.05, 0) is 0 Å². The molecular formula is C12H18O12. The van der Waals surface area contributed by atoms with E-state index in [2.05, 4.69) is 4.74 Å². The molecule has 138 valence electrons. The van der Waals surface area contributed by atoms with E-state index in [4.69, 9.17) is 10.2 Å². The molecule has 0 radical (unpaired) electrons. The molecular weight excluding hydrogens is 336 g/mol. The number of carbonyl (C=O) groups is 3. The van der Waals surface area contributed by atoms with E-state index >= 15 is 0 Å². The van der Waals surface area contributed by atoms with Crippen molar-refractivity contribution in [3.63, 3.8) is 0 Å². The summed E-state index contributed by atoms with van der Waals surface area (Å²) in [5.41, 5.74) is -3.00. The molecule has 0 saturated heterocycles. The summed E-state index contributed by atoms with van der Waals surface area (Å²) >= 11 is 0. The van der Waals surface area contributed by atoms with E-state index in [-0.39, 0.29) is 0 Å². The minimum atomic E-state index is -3.00. The summed E-state index contributed by atoms with van der Waals surface area (Å²) < 4.78 is 4.55. The van der Waals surface area contributed by atoms with E-state index < -0.39 is 73.0 Å². The number of carbonyl (C=O) groups excluding carboxylic acids is 1. The predicted octanol–water partition coefficient (Wildman–Crippen LogP) is -4.60. The quantitative estimate of drug-likeness (QED) is 0.211. The first-order chi connectivity index (χ1) is 10.9. The van der Waals surface area contributed by atoms with Crippen LogP contribution >= 0.6 is 0 Å². The molecule has 7 atom stereocenters. The molecule has 12 nitrogen and oxygen atoms in total. The number of hydrogen-bond donors (Lipinski definition) is 8. The summed E-state index contributed by atoms with van der Waals surface area (Å²) in [5, 5.41) is 74.7. The Hall–Kier alpha value is -1.83. The molecule has 3 unspecified atom stereocenters. The van der Waals surface area contributed by atoms with Crippen molar-refractivity contribution in [3.05, 3.63) is 0 Å². The molecule has 0 aromatic rings. The number of aliphatic hydroxyl groups excluding tert-OH is 5. The Bertz CT molecular complexity index is 490. The number of ether oxygens (including phenoxy) is 1. The molecule has 24 heavy (non-hydrogen) atoms. The lowest BCUT2D eigenvalue weighted by Crippen LogP contribution is -2.64. The molecule has 0 aromatic heterocycles. The number of carboxylic acids is 2. The highest BCUT2D eigenvalue weighted by molar-refractivity contribution is 5.88. The summed E-state index contributed by atoms with van der Waals surface area (Å²) in [7, 11) is 0. The van der Waals surface area contributed by atoms with Crippen molar-refractivity contribution in [2.24, 2.45) is 0 Å². The highest BCUT2D eigenvalue weighted by Crippen LogP contribution is 2.25. The Balaban J connectivity index is 2.85. The van der Waals surface area contributed by atoms with Crippen LogP contribution in [-0.2, 0) is 19.1 Å². The monoisotopic (exact) mass is 354 g/mol. The molecule has 1 aliphatic carbocycles. The zero-order valence-electron chi connectivity index (χ0n) is 12.1. The van der Waals surface area contributed by atoms with Crippen molar-refractivity contribution in [2.75, 3.05) is 0 Å². The van der Waals surface area contributed by atoms with Crippen LogP contribution in [0.15, 0.2) is 0 Å². The predicted molar refractivity (Wildman–Crippen MR) is 69.4 cm³/mol. The van der Waals surface area contributed by atoms with Crippen molar-refractivity contribution < 1.29 is 60.0 Å². The lowest BCUT2D eigenvalue weighted by atomic mass is 9.85. The summed E-state index contributed by atoms with van der Waals surface area (Å²) in [6.45, 7) is 0. The molecule has 12 heteroatoms. The van der Waals surface area contributed by atoms with Crippen LogP contribution in [0.2, 0.25) is 0 Å². The molecule has 0 bridgehead atoms. The molecule has 0 spiro atoms. The number of aliphatic hydroxyl groups is 6. The summed E-state index contributed by atoms with van der Waals surface area (Å²) in [6.07, 6.45) is -14.5. The topological polar surface area (TPSA) is 222 Å². The second kappa shape index (κ2) is 7.38. The van der Waals surface area contributed by atoms with Gasteiger partial charge < -0.3 is 45.6 Å². The summed E-state index contributed by atoms with van der Waals surface area (Å²) in [6, 6.07) is 0. The number of carboxylic acid groups (broad SMARTS) is 2. The second-order valence-electron chi connectivity index (χ2n) is 5.49. The Labute approximate surface area is 134 Å². The standard InChI is InChI=1S/C12H18O12/c13-3(14)1-12(23,11(21)22)2-4(15)24-10-8(19)6(17)5(16)7(18)9(10)20/h5-10,16-20,23H,1-2H2,(H,13,14)(H,21,22)/t5?,6-,7+,8+,9-,10?,12?. The Morgan fingerprint density at radius 2 is 1.21 bits per heavy atom. The van der Waals surface area contributed by atoms with Gasteiger partial charge in [-0.3, -0.25) is 9.59 Å². The van der Waals surface area contributed by atoms with E-state index in [0.29, 0.717) is 0 Å². The molecule has 8 N–H and O–H groups in total. The smallest absolute Gasteiger partial charge is 0.336 e. The van der Waals surface area contributed by atoms with Gasteiger partial charge >= 0.3 is 17.9 Å². The lowest BCUT2D eigenvalue weighted by molar-refractivity contribution is -0.235. The van der Waals surface area contributed by atoms with E-state index in [1.807, 2.05) is 0 Å². The molecule has 1 aliphatic rings. The third-order valence-electron chi connectivity index (χ3n) is 3.62. The fourth-order valence-electron chi connectivity index (χ4n) is 2.23. The number of hydrogen-bond acceptors (Lipinski definition) is 10. The Kier molecular flexibility index (Phi) is 6.21. The van der Waals surface area contributed by atoms with Gasteiger partial charge in [-0.2, -0.15) is 0 Å². The summed E-state index contributed by atoms with van der Waals surface area (Å²) in [5.74, 6) is -5.23. The van der Waals surface area contributed by atoms with Crippen LogP contribution < -0.4 is 0 Å². The number of rotatable bonds is 6. The summed E-state index contributed by atoms with van der Waals surface area (Å²) in [4.78, 5) is 33.2. The van der Waals surface area contributed by atoms with Crippen molar-refractivity contribution in [1.29, 1.82) is 0 Å². The molecule has 1 fully saturated rings. The fraction of sp³-hybridized carbons (Fsp3) is 0.750. The van der Waals surface area contributed by atoms with Crippen molar-refractivity contribution >= 4 is 17.9 Å². The average molecular weight is 354 g/mol. The third kappa shape index (κ3) is 4.17. The Morgan fingerprint density at radius 3 is 1.58 bits per heavy atom. The van der Waals surface area contributed by atoms with Crippen LogP contribution in [0.5, 0.6) is 0 Å². The van der Waals surface area contributed by atoms with Crippen molar-refractivity contribution in [3.8, 4) is 0 Å². The highest BCUT2D eigenvalue weighted by atomic mass is 16.6. The zero-order valence-corrected chi connectivity index (χ0v) is 12.1. The largest absolute Gasteiger partial charge is 0.481 e. The fourth-order valence-corrected chi connectivity index (χ4v) is 2.23. The lowest BCUT2D eigenvalue weighted by Gasteiger charge is -2.41. The first kappa shape index (κ1) is 20.2. The van der Waals surface area contributed by atoms with Gasteiger partial charge in [0.15, 0.2) is 11.7 Å². The van der Waals surface area contributed by atoms with Crippen molar-refractivity contribution in [1.82, 2.24) is 0 Å². The van der Waals surface area contributed by atoms with Crippen LogP contribution in [0.3, 0.4) is 0 Å². The number of aliphatic carboxylic acids is 2. The van der Waals surface area contributed by atoms with Gasteiger partial charge in [-0.15, -0.1) is 0 Å². The SMILES string of the molecule is O=C(O)CC(O)(CC(=O)OC1[C@@H](O)[C@H](O)C(O)[C@H](O)[C@H]1O)C(=O)O.